The van der Waals surface area contributed by atoms with Crippen molar-refractivity contribution in [3.05, 3.63) is 113 Å². The fraction of sp³-hybridized carbons (Fsp3) is 0.214. The number of aryl methyl sites for hydroxylation is 2. The first kappa shape index (κ1) is 22.4. The standard InChI is InChI=1S/C28H25NO4S/c1-4-21-17-29(34(32,33)22-15-11-19(3)12-16-22)25(20-13-9-18(2)10-14-20)28(21)26(30)23-7-5-6-8-24(23)27(28)31/h4-16,21,25H,1,17H2,2-3H3/t21-,25+/m1/s1. The number of nitrogens with zero attached hydrogens (tertiary/aromatic N) is 1. The molecule has 0 aromatic heterocycles. The second-order valence-corrected chi connectivity index (χ2v) is 11.0. The SMILES string of the molecule is C=C[C@@H]1CN(S(=O)(=O)c2ccc(C)cc2)[C@@H](c2ccc(C)cc2)C12C(=O)c1ccccc1C2=O. The van der Waals surface area contributed by atoms with Crippen molar-refractivity contribution in [1.82, 2.24) is 4.31 Å². The van der Waals surface area contributed by atoms with E-state index in [0.29, 0.717) is 16.7 Å². The fourth-order valence-corrected chi connectivity index (χ4v) is 7.08. The predicted octanol–water partition coefficient (Wildman–Crippen LogP) is 4.92. The van der Waals surface area contributed by atoms with Crippen LogP contribution in [0.3, 0.4) is 0 Å². The number of fused-ring (bicyclic) bond motifs is 1. The van der Waals surface area contributed by atoms with Crippen molar-refractivity contribution in [2.24, 2.45) is 11.3 Å². The lowest BCUT2D eigenvalue weighted by Crippen LogP contribution is -2.44. The highest BCUT2D eigenvalue weighted by Gasteiger charge is 2.68. The minimum Gasteiger partial charge on any atom is -0.293 e. The third kappa shape index (κ3) is 2.99. The predicted molar refractivity (Wildman–Crippen MR) is 130 cm³/mol. The molecule has 3 aromatic carbocycles. The summed E-state index contributed by atoms with van der Waals surface area (Å²) in [5, 5.41) is 0. The number of rotatable bonds is 4. The monoisotopic (exact) mass is 471 g/mol. The smallest absolute Gasteiger partial charge is 0.243 e. The van der Waals surface area contributed by atoms with Gasteiger partial charge in [-0.3, -0.25) is 9.59 Å². The van der Waals surface area contributed by atoms with E-state index in [1.54, 1.807) is 54.6 Å². The van der Waals surface area contributed by atoms with Gasteiger partial charge < -0.3 is 0 Å². The number of Topliss-reactive ketones (excluding diaryl/α,β-unsaturated/α-hetero) is 2. The zero-order valence-corrected chi connectivity index (χ0v) is 19.9. The Morgan fingerprint density at radius 1 is 0.853 bits per heavy atom. The van der Waals surface area contributed by atoms with Crippen molar-refractivity contribution < 1.29 is 18.0 Å². The molecular weight excluding hydrogens is 446 g/mol. The van der Waals surface area contributed by atoms with Crippen LogP contribution >= 0.6 is 0 Å². The Morgan fingerprint density at radius 2 is 1.35 bits per heavy atom. The first-order valence-electron chi connectivity index (χ1n) is 11.2. The Balaban J connectivity index is 1.77. The maximum Gasteiger partial charge on any atom is 0.243 e. The summed E-state index contributed by atoms with van der Waals surface area (Å²) in [4.78, 5) is 28.2. The van der Waals surface area contributed by atoms with Crippen LogP contribution in [-0.2, 0) is 10.0 Å². The van der Waals surface area contributed by atoms with Gasteiger partial charge >= 0.3 is 0 Å². The second kappa shape index (κ2) is 7.86. The highest BCUT2D eigenvalue weighted by atomic mass is 32.2. The lowest BCUT2D eigenvalue weighted by molar-refractivity contribution is 0.0611. The van der Waals surface area contributed by atoms with Crippen molar-refractivity contribution in [3.63, 3.8) is 0 Å². The molecule has 0 N–H and O–H groups in total. The van der Waals surface area contributed by atoms with Crippen LogP contribution < -0.4 is 0 Å². The summed E-state index contributed by atoms with van der Waals surface area (Å²) in [6.45, 7) is 7.72. The first-order chi connectivity index (χ1) is 16.2. The van der Waals surface area contributed by atoms with Crippen LogP contribution in [0.15, 0.2) is 90.3 Å². The summed E-state index contributed by atoms with van der Waals surface area (Å²) in [7, 11) is -4.02. The molecule has 2 atom stereocenters. The maximum absolute atomic E-state index is 14.0. The van der Waals surface area contributed by atoms with Crippen molar-refractivity contribution in [1.29, 1.82) is 0 Å². The summed E-state index contributed by atoms with van der Waals surface area (Å²) in [6.07, 6.45) is 1.56. The lowest BCUT2D eigenvalue weighted by Gasteiger charge is -2.34. The first-order valence-corrected chi connectivity index (χ1v) is 12.6. The zero-order valence-electron chi connectivity index (χ0n) is 19.1. The summed E-state index contributed by atoms with van der Waals surface area (Å²) in [6, 6.07) is 19.7. The van der Waals surface area contributed by atoms with Gasteiger partial charge in [0.2, 0.25) is 10.0 Å². The van der Waals surface area contributed by atoms with E-state index in [9.17, 15) is 18.0 Å². The van der Waals surface area contributed by atoms with Crippen LogP contribution in [0, 0.1) is 25.2 Å². The molecule has 1 aliphatic carbocycles. The molecule has 5 rings (SSSR count). The van der Waals surface area contributed by atoms with Gasteiger partial charge in [0.1, 0.15) is 5.41 Å². The molecule has 0 saturated carbocycles. The van der Waals surface area contributed by atoms with Crippen molar-refractivity contribution in [2.75, 3.05) is 6.54 Å². The van der Waals surface area contributed by atoms with Gasteiger partial charge in [-0.05, 0) is 31.5 Å². The fourth-order valence-electron chi connectivity index (χ4n) is 5.41. The van der Waals surface area contributed by atoms with E-state index in [-0.39, 0.29) is 23.0 Å². The van der Waals surface area contributed by atoms with E-state index in [1.807, 2.05) is 38.1 Å². The average molecular weight is 472 g/mol. The number of benzene rings is 3. The molecule has 1 heterocycles. The van der Waals surface area contributed by atoms with Gasteiger partial charge in [0.05, 0.1) is 10.9 Å². The Kier molecular flexibility index (Phi) is 5.19. The van der Waals surface area contributed by atoms with Crippen LogP contribution in [0.25, 0.3) is 0 Å². The van der Waals surface area contributed by atoms with E-state index in [4.69, 9.17) is 0 Å². The number of ketones is 2. The lowest BCUT2D eigenvalue weighted by atomic mass is 9.67. The molecule has 1 aliphatic heterocycles. The molecular formula is C28H25NO4S. The molecule has 1 saturated heterocycles. The molecule has 1 spiro atoms. The summed E-state index contributed by atoms with van der Waals surface area (Å²) in [5.74, 6) is -1.36. The molecule has 172 valence electrons. The van der Waals surface area contributed by atoms with Crippen molar-refractivity contribution >= 4 is 21.6 Å². The Bertz CT molecular complexity index is 1390. The second-order valence-electron chi connectivity index (χ2n) is 9.12. The number of hydrogen-bond donors (Lipinski definition) is 0. The van der Waals surface area contributed by atoms with Gasteiger partial charge in [-0.1, -0.05) is 77.9 Å². The van der Waals surface area contributed by atoms with E-state index >= 15 is 0 Å². The quantitative estimate of drug-likeness (QED) is 0.400. The zero-order chi connectivity index (χ0) is 24.3. The molecule has 2 aliphatic rings. The third-order valence-electron chi connectivity index (χ3n) is 7.15. The van der Waals surface area contributed by atoms with Crippen LogP contribution in [0.2, 0.25) is 0 Å². The van der Waals surface area contributed by atoms with Crippen LogP contribution in [0.5, 0.6) is 0 Å². The van der Waals surface area contributed by atoms with E-state index in [0.717, 1.165) is 11.1 Å². The van der Waals surface area contributed by atoms with Crippen LogP contribution in [-0.4, -0.2) is 30.8 Å². The molecule has 5 nitrogen and oxygen atoms in total. The third-order valence-corrected chi connectivity index (χ3v) is 9.00. The van der Waals surface area contributed by atoms with Gasteiger partial charge in [0, 0.05) is 23.6 Å². The number of carbonyl (C=O) groups is 2. The highest BCUT2D eigenvalue weighted by Crippen LogP contribution is 2.59. The van der Waals surface area contributed by atoms with Gasteiger partial charge in [-0.15, -0.1) is 6.58 Å². The molecule has 0 radical (unpaired) electrons. The molecule has 3 aromatic rings. The molecule has 0 amide bonds. The molecule has 0 bridgehead atoms. The highest BCUT2D eigenvalue weighted by molar-refractivity contribution is 7.89. The largest absolute Gasteiger partial charge is 0.293 e. The van der Waals surface area contributed by atoms with Crippen LogP contribution in [0.4, 0.5) is 0 Å². The summed E-state index contributed by atoms with van der Waals surface area (Å²) < 4.78 is 29.2. The normalized spacial score (nSPS) is 21.7. The Morgan fingerprint density at radius 3 is 1.85 bits per heavy atom. The Labute approximate surface area is 199 Å². The Hall–Kier alpha value is -3.35. The average Bonchev–Trinajstić information content (AvgIpc) is 3.30. The van der Waals surface area contributed by atoms with Gasteiger partial charge in [0.15, 0.2) is 11.6 Å². The molecule has 34 heavy (non-hydrogen) atoms. The number of hydrogen-bond acceptors (Lipinski definition) is 4. The van der Waals surface area contributed by atoms with Crippen LogP contribution in [0.1, 0.15) is 43.4 Å². The summed E-state index contributed by atoms with van der Waals surface area (Å²) in [5.41, 5.74) is 1.62. The van der Waals surface area contributed by atoms with E-state index < -0.39 is 27.4 Å². The molecule has 1 fully saturated rings. The van der Waals surface area contributed by atoms with Gasteiger partial charge in [-0.25, -0.2) is 8.42 Å². The van der Waals surface area contributed by atoms with Gasteiger partial charge in [-0.2, -0.15) is 4.31 Å². The van der Waals surface area contributed by atoms with Crippen molar-refractivity contribution in [3.8, 4) is 0 Å². The van der Waals surface area contributed by atoms with E-state index in [2.05, 4.69) is 6.58 Å². The van der Waals surface area contributed by atoms with Gasteiger partial charge in [0.25, 0.3) is 0 Å². The van der Waals surface area contributed by atoms with E-state index in [1.165, 1.54) is 4.31 Å². The van der Waals surface area contributed by atoms with Crippen molar-refractivity contribution in [2.45, 2.75) is 24.8 Å². The number of sulfonamides is 1. The number of carbonyl (C=O) groups excluding carboxylic acids is 2. The molecule has 6 heteroatoms. The minimum atomic E-state index is -4.02. The summed E-state index contributed by atoms with van der Waals surface area (Å²) >= 11 is 0. The minimum absolute atomic E-state index is 0.0102. The molecule has 0 unspecified atom stereocenters. The maximum atomic E-state index is 14.0. The topological polar surface area (TPSA) is 71.5 Å².